The molecule has 1 aliphatic heterocycles. The fourth-order valence-corrected chi connectivity index (χ4v) is 2.70. The average molecular weight is 341 g/mol. The molecule has 2 aromatic rings. The highest BCUT2D eigenvalue weighted by molar-refractivity contribution is 5.93. The van der Waals surface area contributed by atoms with E-state index in [1.807, 2.05) is 12.1 Å². The number of carbonyl (C=O) groups is 1. The number of rotatable bonds is 4. The summed E-state index contributed by atoms with van der Waals surface area (Å²) in [7, 11) is 0. The molecule has 0 unspecified atom stereocenters. The van der Waals surface area contributed by atoms with E-state index < -0.39 is 0 Å². The Bertz CT molecular complexity index is 801. The van der Waals surface area contributed by atoms with Gasteiger partial charge in [-0.25, -0.2) is 0 Å². The van der Waals surface area contributed by atoms with Crippen molar-refractivity contribution in [1.29, 1.82) is 0 Å². The number of amides is 1. The van der Waals surface area contributed by atoms with Crippen LogP contribution in [0, 0.1) is 5.92 Å². The van der Waals surface area contributed by atoms with Gasteiger partial charge in [0.1, 0.15) is 0 Å². The van der Waals surface area contributed by atoms with Crippen molar-refractivity contribution in [2.45, 2.75) is 26.2 Å². The zero-order valence-electron chi connectivity index (χ0n) is 14.7. The molecule has 2 aromatic heterocycles. The van der Waals surface area contributed by atoms with Crippen LogP contribution < -0.4 is 15.8 Å². The maximum atomic E-state index is 12.0. The lowest BCUT2D eigenvalue weighted by atomic mass is 9.92. The summed E-state index contributed by atoms with van der Waals surface area (Å²) < 4.78 is 0. The molecule has 0 atom stereocenters. The molecule has 0 spiro atoms. The van der Waals surface area contributed by atoms with E-state index in [0.29, 0.717) is 18.0 Å². The number of anilines is 1. The van der Waals surface area contributed by atoms with Crippen LogP contribution >= 0.6 is 0 Å². The molecule has 3 rings (SSSR count). The second-order valence-corrected chi connectivity index (χ2v) is 7.45. The molecule has 0 aromatic carbocycles. The third-order valence-corrected chi connectivity index (χ3v) is 4.29. The second-order valence-electron chi connectivity index (χ2n) is 7.45. The smallest absolute Gasteiger partial charge is 0.251 e. The average Bonchev–Trinajstić information content (AvgIpc) is 2.52. The van der Waals surface area contributed by atoms with Gasteiger partial charge in [-0.1, -0.05) is 20.8 Å². The highest BCUT2D eigenvalue weighted by Crippen LogP contribution is 2.24. The van der Waals surface area contributed by atoms with Crippen LogP contribution in [0.15, 0.2) is 35.3 Å². The van der Waals surface area contributed by atoms with E-state index in [-0.39, 0.29) is 16.9 Å². The third kappa shape index (κ3) is 4.04. The molecule has 7 nitrogen and oxygen atoms in total. The van der Waals surface area contributed by atoms with E-state index in [2.05, 4.69) is 46.2 Å². The van der Waals surface area contributed by atoms with E-state index in [1.165, 1.54) is 12.3 Å². The zero-order chi connectivity index (χ0) is 18.0. The minimum Gasteiger partial charge on any atom is -0.354 e. The number of aromatic nitrogens is 3. The topological polar surface area (TPSA) is 91.0 Å². The number of H-pyrrole nitrogens is 1. The molecule has 1 fully saturated rings. The molecule has 1 aliphatic rings. The summed E-state index contributed by atoms with van der Waals surface area (Å²) in [5, 5.41) is 11.5. The van der Waals surface area contributed by atoms with Gasteiger partial charge in [0, 0.05) is 48.8 Å². The third-order valence-electron chi connectivity index (χ3n) is 4.29. The summed E-state index contributed by atoms with van der Waals surface area (Å²) in [4.78, 5) is 27.9. The Hall–Kier alpha value is -2.70. The maximum absolute atomic E-state index is 12.0. The Kier molecular flexibility index (Phi) is 4.57. The van der Waals surface area contributed by atoms with Crippen molar-refractivity contribution < 1.29 is 4.79 Å². The largest absolute Gasteiger partial charge is 0.354 e. The summed E-state index contributed by atoms with van der Waals surface area (Å²) in [6, 6.07) is 6.91. The first-order valence-electron chi connectivity index (χ1n) is 8.39. The lowest BCUT2D eigenvalue weighted by Crippen LogP contribution is -2.52. The number of nitrogens with one attached hydrogen (secondary N) is 2. The number of pyridine rings is 1. The minimum absolute atomic E-state index is 0.00749. The summed E-state index contributed by atoms with van der Waals surface area (Å²) in [6.45, 7) is 8.58. The van der Waals surface area contributed by atoms with E-state index >= 15 is 0 Å². The molecule has 2 N–H and O–H groups in total. The van der Waals surface area contributed by atoms with Crippen LogP contribution in [0.25, 0.3) is 0 Å². The first-order valence-corrected chi connectivity index (χ1v) is 8.39. The van der Waals surface area contributed by atoms with Crippen molar-refractivity contribution >= 4 is 11.7 Å². The fraction of sp³-hybridized carbons (Fsp3) is 0.444. The van der Waals surface area contributed by atoms with Crippen LogP contribution in [0.2, 0.25) is 0 Å². The Morgan fingerprint density at radius 2 is 2.04 bits per heavy atom. The molecule has 0 aliphatic carbocycles. The van der Waals surface area contributed by atoms with Crippen LogP contribution in [-0.4, -0.2) is 40.7 Å². The van der Waals surface area contributed by atoms with Crippen molar-refractivity contribution in [3.63, 3.8) is 0 Å². The van der Waals surface area contributed by atoms with Crippen LogP contribution in [-0.2, 0) is 5.41 Å². The first-order chi connectivity index (χ1) is 11.8. The number of hydrogen-bond donors (Lipinski definition) is 2. The molecule has 132 valence electrons. The maximum Gasteiger partial charge on any atom is 0.251 e. The molecule has 1 saturated heterocycles. The fourth-order valence-electron chi connectivity index (χ4n) is 2.70. The predicted molar refractivity (Wildman–Crippen MR) is 95.8 cm³/mol. The van der Waals surface area contributed by atoms with Gasteiger partial charge in [-0.15, -0.1) is 5.10 Å². The number of aromatic amines is 1. The standard InChI is InChI=1S/C18H23N5O2/c1-18(2,3)14-4-5-15(22-21-14)23-10-12(11-23)9-20-17(25)13-6-7-19-16(24)8-13/h4-8,12H,9-11H2,1-3H3,(H,19,24)(H,20,25). The Balaban J connectivity index is 1.48. The molecule has 7 heteroatoms. The summed E-state index contributed by atoms with van der Waals surface area (Å²) in [5.74, 6) is 1.01. The number of carbonyl (C=O) groups excluding carboxylic acids is 1. The normalized spacial score (nSPS) is 14.9. The highest BCUT2D eigenvalue weighted by atomic mass is 16.2. The SMILES string of the molecule is CC(C)(C)c1ccc(N2CC(CNC(=O)c3cc[nH]c(=O)c3)C2)nn1. The van der Waals surface area contributed by atoms with Gasteiger partial charge in [0.2, 0.25) is 5.56 Å². The monoisotopic (exact) mass is 341 g/mol. The van der Waals surface area contributed by atoms with Crippen molar-refractivity contribution in [2.75, 3.05) is 24.5 Å². The second kappa shape index (κ2) is 6.66. The highest BCUT2D eigenvalue weighted by Gasteiger charge is 2.28. The van der Waals surface area contributed by atoms with Crippen molar-refractivity contribution in [1.82, 2.24) is 20.5 Å². The van der Waals surface area contributed by atoms with E-state index in [1.54, 1.807) is 6.07 Å². The van der Waals surface area contributed by atoms with Gasteiger partial charge in [0.15, 0.2) is 5.82 Å². The van der Waals surface area contributed by atoms with Gasteiger partial charge in [0.25, 0.3) is 5.91 Å². The van der Waals surface area contributed by atoms with Gasteiger partial charge in [-0.2, -0.15) is 5.10 Å². The summed E-state index contributed by atoms with van der Waals surface area (Å²) >= 11 is 0. The summed E-state index contributed by atoms with van der Waals surface area (Å²) in [5.41, 5.74) is 1.06. The van der Waals surface area contributed by atoms with Crippen molar-refractivity contribution in [3.8, 4) is 0 Å². The number of hydrogen-bond acceptors (Lipinski definition) is 5. The lowest BCUT2D eigenvalue weighted by Gasteiger charge is -2.40. The van der Waals surface area contributed by atoms with E-state index in [0.717, 1.165) is 24.6 Å². The quantitative estimate of drug-likeness (QED) is 0.875. The zero-order valence-corrected chi connectivity index (χ0v) is 14.7. The molecular formula is C18H23N5O2. The number of nitrogens with zero attached hydrogens (tertiary/aromatic N) is 3. The van der Waals surface area contributed by atoms with E-state index in [9.17, 15) is 9.59 Å². The molecule has 0 saturated carbocycles. The van der Waals surface area contributed by atoms with Gasteiger partial charge in [-0.3, -0.25) is 9.59 Å². The summed E-state index contributed by atoms with van der Waals surface area (Å²) in [6.07, 6.45) is 1.47. The Morgan fingerprint density at radius 3 is 2.64 bits per heavy atom. The molecule has 3 heterocycles. The Labute approximate surface area is 146 Å². The minimum atomic E-state index is -0.278. The predicted octanol–water partition coefficient (Wildman–Crippen LogP) is 1.33. The van der Waals surface area contributed by atoms with Gasteiger partial charge in [0.05, 0.1) is 5.69 Å². The van der Waals surface area contributed by atoms with Crippen molar-refractivity contribution in [2.24, 2.45) is 5.92 Å². The van der Waals surface area contributed by atoms with Crippen LogP contribution in [0.3, 0.4) is 0 Å². The lowest BCUT2D eigenvalue weighted by molar-refractivity contribution is 0.0944. The van der Waals surface area contributed by atoms with Crippen LogP contribution in [0.1, 0.15) is 36.8 Å². The molecule has 0 radical (unpaired) electrons. The molecule has 25 heavy (non-hydrogen) atoms. The molecular weight excluding hydrogens is 318 g/mol. The van der Waals surface area contributed by atoms with Gasteiger partial charge >= 0.3 is 0 Å². The van der Waals surface area contributed by atoms with Crippen LogP contribution in [0.4, 0.5) is 5.82 Å². The van der Waals surface area contributed by atoms with E-state index in [4.69, 9.17) is 0 Å². The Morgan fingerprint density at radius 1 is 1.28 bits per heavy atom. The molecule has 1 amide bonds. The van der Waals surface area contributed by atoms with Crippen molar-refractivity contribution in [3.05, 3.63) is 52.1 Å². The van der Waals surface area contributed by atoms with Gasteiger partial charge in [-0.05, 0) is 18.2 Å². The first kappa shape index (κ1) is 17.1. The van der Waals surface area contributed by atoms with Gasteiger partial charge < -0.3 is 15.2 Å². The molecule has 0 bridgehead atoms. The van der Waals surface area contributed by atoms with Crippen LogP contribution in [0.5, 0.6) is 0 Å².